The summed E-state index contributed by atoms with van der Waals surface area (Å²) < 4.78 is 10.4. The summed E-state index contributed by atoms with van der Waals surface area (Å²) in [6, 6.07) is 3.57. The first-order valence-electron chi connectivity index (χ1n) is 6.29. The van der Waals surface area contributed by atoms with Crippen LogP contribution in [0.25, 0.3) is 0 Å². The molecule has 7 heteroatoms. The van der Waals surface area contributed by atoms with Crippen molar-refractivity contribution >= 4 is 11.4 Å². The molecule has 0 atom stereocenters. The number of hydrogen-bond acceptors (Lipinski definition) is 6. The van der Waals surface area contributed by atoms with E-state index in [1.54, 1.807) is 6.07 Å². The van der Waals surface area contributed by atoms with Gasteiger partial charge in [0.25, 0.3) is 0 Å². The van der Waals surface area contributed by atoms with Gasteiger partial charge in [-0.1, -0.05) is 0 Å². The van der Waals surface area contributed by atoms with Crippen molar-refractivity contribution in [2.45, 2.75) is 6.04 Å². The first-order valence-corrected chi connectivity index (χ1v) is 6.29. The zero-order valence-electron chi connectivity index (χ0n) is 12.1. The molecule has 20 heavy (non-hydrogen) atoms. The van der Waals surface area contributed by atoms with Gasteiger partial charge in [-0.25, -0.2) is 0 Å². The second kappa shape index (κ2) is 5.54. The van der Waals surface area contributed by atoms with Crippen molar-refractivity contribution < 1.29 is 14.4 Å². The molecule has 1 aliphatic heterocycles. The molecule has 2 rings (SSSR count). The fraction of sp³-hybridized carbons (Fsp3) is 0.538. The number of likely N-dealkylation sites (N-methyl/N-ethyl adjacent to an activating group) is 1. The predicted octanol–water partition coefficient (Wildman–Crippen LogP) is 1.36. The topological polar surface area (TPSA) is 68.1 Å². The third-order valence-electron chi connectivity index (χ3n) is 3.61. The largest absolute Gasteiger partial charge is 0.494 e. The van der Waals surface area contributed by atoms with Crippen LogP contribution in [-0.2, 0) is 0 Å². The summed E-state index contributed by atoms with van der Waals surface area (Å²) in [6.45, 7) is 1.73. The summed E-state index contributed by atoms with van der Waals surface area (Å²) in [5, 5.41) is 11.0. The molecule has 1 aliphatic rings. The molecular formula is C13H19N3O4. The number of nitrogens with zero attached hydrogens (tertiary/aromatic N) is 3. The fourth-order valence-electron chi connectivity index (χ4n) is 2.23. The summed E-state index contributed by atoms with van der Waals surface area (Å²) in [7, 11) is 7.01. The highest BCUT2D eigenvalue weighted by molar-refractivity contribution is 5.69. The minimum absolute atomic E-state index is 0.0854. The normalized spacial score (nSPS) is 15.2. The molecule has 1 heterocycles. The van der Waals surface area contributed by atoms with Gasteiger partial charge in [-0.15, -0.1) is 0 Å². The molecule has 7 nitrogen and oxygen atoms in total. The lowest BCUT2D eigenvalue weighted by molar-refractivity contribution is -0.385. The Kier molecular flexibility index (Phi) is 3.99. The van der Waals surface area contributed by atoms with Crippen LogP contribution in [0.5, 0.6) is 11.5 Å². The smallest absolute Gasteiger partial charge is 0.314 e. The fourth-order valence-corrected chi connectivity index (χ4v) is 2.23. The van der Waals surface area contributed by atoms with Gasteiger partial charge in [0, 0.05) is 25.2 Å². The van der Waals surface area contributed by atoms with E-state index in [9.17, 15) is 10.1 Å². The van der Waals surface area contributed by atoms with Gasteiger partial charge in [0.05, 0.1) is 30.9 Å². The molecule has 0 bridgehead atoms. The van der Waals surface area contributed by atoms with Crippen LogP contribution >= 0.6 is 0 Å². The molecule has 1 aromatic rings. The number of nitro benzene ring substituents is 1. The second-order valence-electron chi connectivity index (χ2n) is 4.98. The van der Waals surface area contributed by atoms with Crippen molar-refractivity contribution in [1.29, 1.82) is 0 Å². The molecule has 1 aromatic carbocycles. The quantitative estimate of drug-likeness (QED) is 0.599. The summed E-state index contributed by atoms with van der Waals surface area (Å²) in [4.78, 5) is 14.8. The first kappa shape index (κ1) is 14.4. The van der Waals surface area contributed by atoms with Crippen LogP contribution in [-0.4, -0.2) is 57.3 Å². The average Bonchev–Trinajstić information content (AvgIpc) is 2.35. The van der Waals surface area contributed by atoms with E-state index in [2.05, 4.69) is 9.80 Å². The Morgan fingerprint density at radius 2 is 1.85 bits per heavy atom. The number of nitro groups is 1. The molecule has 0 aliphatic carbocycles. The van der Waals surface area contributed by atoms with Crippen LogP contribution in [0, 0.1) is 10.1 Å². The average molecular weight is 281 g/mol. The Hall–Kier alpha value is -2.02. The first-order chi connectivity index (χ1) is 9.47. The predicted molar refractivity (Wildman–Crippen MR) is 75.9 cm³/mol. The maximum absolute atomic E-state index is 11.0. The third-order valence-corrected chi connectivity index (χ3v) is 3.61. The maximum atomic E-state index is 11.0. The molecule has 1 saturated heterocycles. The number of hydrogen-bond donors (Lipinski definition) is 0. The number of anilines is 1. The van der Waals surface area contributed by atoms with Gasteiger partial charge >= 0.3 is 5.69 Å². The third kappa shape index (κ3) is 2.49. The lowest BCUT2D eigenvalue weighted by Gasteiger charge is -2.44. The van der Waals surface area contributed by atoms with E-state index in [4.69, 9.17) is 9.47 Å². The highest BCUT2D eigenvalue weighted by Gasteiger charge is 2.32. The molecule has 0 N–H and O–H groups in total. The van der Waals surface area contributed by atoms with E-state index < -0.39 is 4.92 Å². The van der Waals surface area contributed by atoms with Crippen LogP contribution in [0.3, 0.4) is 0 Å². The second-order valence-corrected chi connectivity index (χ2v) is 4.98. The van der Waals surface area contributed by atoms with Gasteiger partial charge in [-0.3, -0.25) is 10.1 Å². The lowest BCUT2D eigenvalue weighted by Crippen LogP contribution is -2.57. The lowest BCUT2D eigenvalue weighted by atomic mass is 10.1. The van der Waals surface area contributed by atoms with Gasteiger partial charge in [0.2, 0.25) is 0 Å². The summed E-state index contributed by atoms with van der Waals surface area (Å²) >= 11 is 0. The van der Waals surface area contributed by atoms with Crippen molar-refractivity contribution in [3.63, 3.8) is 0 Å². The Morgan fingerprint density at radius 3 is 2.30 bits per heavy atom. The van der Waals surface area contributed by atoms with Crippen LogP contribution in [0.4, 0.5) is 11.4 Å². The molecule has 0 amide bonds. The van der Waals surface area contributed by atoms with Crippen LogP contribution in [0.1, 0.15) is 0 Å². The molecule has 0 aromatic heterocycles. The Balaban J connectivity index is 2.31. The van der Waals surface area contributed by atoms with Gasteiger partial charge in [-0.2, -0.15) is 0 Å². The molecule has 110 valence electrons. The van der Waals surface area contributed by atoms with Crippen molar-refractivity contribution in [3.05, 3.63) is 22.2 Å². The zero-order chi connectivity index (χ0) is 14.9. The van der Waals surface area contributed by atoms with Crippen LogP contribution < -0.4 is 14.4 Å². The standard InChI is InChI=1S/C13H19N3O4/c1-14(2)9-7-15(8-9)10-5-13(20-4)11(16(17)18)6-12(10)19-3/h5-6,9H,7-8H2,1-4H3. The zero-order valence-corrected chi connectivity index (χ0v) is 12.1. The van der Waals surface area contributed by atoms with Gasteiger partial charge in [-0.05, 0) is 14.1 Å². The van der Waals surface area contributed by atoms with E-state index in [1.807, 2.05) is 14.1 Å². The SMILES string of the molecule is COc1cc([N+](=O)[O-])c(OC)cc1N1CC(N(C)C)C1. The summed E-state index contributed by atoms with van der Waals surface area (Å²) in [5.41, 5.74) is 0.742. The molecule has 0 spiro atoms. The van der Waals surface area contributed by atoms with Gasteiger partial charge in [0.15, 0.2) is 5.75 Å². The minimum atomic E-state index is -0.468. The van der Waals surface area contributed by atoms with E-state index in [0.29, 0.717) is 11.8 Å². The van der Waals surface area contributed by atoms with Crippen molar-refractivity contribution in [2.24, 2.45) is 0 Å². The molecule has 1 fully saturated rings. The molecule has 0 unspecified atom stereocenters. The van der Waals surface area contributed by atoms with Gasteiger partial charge < -0.3 is 19.3 Å². The Bertz CT molecular complexity index is 513. The highest BCUT2D eigenvalue weighted by Crippen LogP contribution is 2.41. The van der Waals surface area contributed by atoms with Crippen molar-refractivity contribution in [1.82, 2.24) is 4.90 Å². The number of methoxy groups -OCH3 is 2. The minimum Gasteiger partial charge on any atom is -0.494 e. The van der Waals surface area contributed by atoms with E-state index in [0.717, 1.165) is 18.8 Å². The molecule has 0 saturated carbocycles. The number of ether oxygens (including phenoxy) is 2. The van der Waals surface area contributed by atoms with Crippen LogP contribution in [0.2, 0.25) is 0 Å². The summed E-state index contributed by atoms with van der Waals surface area (Å²) in [5.74, 6) is 0.744. The Labute approximate surface area is 117 Å². The van der Waals surface area contributed by atoms with E-state index >= 15 is 0 Å². The van der Waals surface area contributed by atoms with Crippen molar-refractivity contribution in [2.75, 3.05) is 46.3 Å². The maximum Gasteiger partial charge on any atom is 0.314 e. The van der Waals surface area contributed by atoms with Crippen LogP contribution in [0.15, 0.2) is 12.1 Å². The Morgan fingerprint density at radius 1 is 1.25 bits per heavy atom. The monoisotopic (exact) mass is 281 g/mol. The van der Waals surface area contributed by atoms with E-state index in [1.165, 1.54) is 20.3 Å². The number of rotatable bonds is 5. The van der Waals surface area contributed by atoms with E-state index in [-0.39, 0.29) is 11.4 Å². The number of benzene rings is 1. The van der Waals surface area contributed by atoms with Gasteiger partial charge in [0.1, 0.15) is 5.75 Å². The molecular weight excluding hydrogens is 262 g/mol. The van der Waals surface area contributed by atoms with Crippen molar-refractivity contribution in [3.8, 4) is 11.5 Å². The molecule has 0 radical (unpaired) electrons. The highest BCUT2D eigenvalue weighted by atomic mass is 16.6. The summed E-state index contributed by atoms with van der Waals surface area (Å²) in [6.07, 6.45) is 0.